The number of carboxylic acid groups (broad SMARTS) is 1. The minimum Gasteiger partial charge on any atom is -0.508 e. The van der Waals surface area contributed by atoms with Gasteiger partial charge in [0.15, 0.2) is 0 Å². The summed E-state index contributed by atoms with van der Waals surface area (Å²) in [4.78, 5) is 24.4. The molecule has 0 spiro atoms. The van der Waals surface area contributed by atoms with Crippen LogP contribution in [0.5, 0.6) is 11.5 Å². The maximum Gasteiger partial charge on any atom is 0.311 e. The summed E-state index contributed by atoms with van der Waals surface area (Å²) in [6.07, 6.45) is 2.67. The number of phenolic OH excluding ortho intramolecular Hbond substituents is 2. The van der Waals surface area contributed by atoms with Gasteiger partial charge in [-0.3, -0.25) is 9.59 Å². The van der Waals surface area contributed by atoms with Gasteiger partial charge in [0, 0.05) is 0 Å². The van der Waals surface area contributed by atoms with Gasteiger partial charge < -0.3 is 20.1 Å². The number of hydrogen-bond donors (Lipinski definition) is 3. The minimum absolute atomic E-state index is 0.00406. The molecule has 29 heavy (non-hydrogen) atoms. The standard InChI is InChI=1S/C23H26O6/c1-14(2)4-6-16-7-5-15(13-20(16)25)12-19(23(28)29-3)21(22(26)27)17-8-10-18(24)11-9-17/h4-5,7-11,13,19,21,24-25H,6,12H2,1-3H3,(H,26,27)/t19-,21+/m1/s1. The third-order valence-corrected chi connectivity index (χ3v) is 4.76. The van der Waals surface area contributed by atoms with E-state index in [-0.39, 0.29) is 17.9 Å². The van der Waals surface area contributed by atoms with E-state index in [0.717, 1.165) is 11.1 Å². The van der Waals surface area contributed by atoms with Gasteiger partial charge in [-0.15, -0.1) is 0 Å². The van der Waals surface area contributed by atoms with E-state index in [1.165, 1.54) is 31.4 Å². The van der Waals surface area contributed by atoms with E-state index in [4.69, 9.17) is 4.74 Å². The van der Waals surface area contributed by atoms with Crippen molar-refractivity contribution in [3.8, 4) is 11.5 Å². The Hall–Kier alpha value is -3.28. The molecule has 0 fully saturated rings. The largest absolute Gasteiger partial charge is 0.508 e. The average molecular weight is 398 g/mol. The molecule has 0 heterocycles. The lowest BCUT2D eigenvalue weighted by Crippen LogP contribution is -2.31. The number of carbonyl (C=O) groups is 2. The lowest BCUT2D eigenvalue weighted by molar-refractivity contribution is -0.152. The molecule has 2 atom stereocenters. The summed E-state index contributed by atoms with van der Waals surface area (Å²) in [7, 11) is 1.21. The molecule has 3 N–H and O–H groups in total. The lowest BCUT2D eigenvalue weighted by atomic mass is 9.82. The van der Waals surface area contributed by atoms with Crippen LogP contribution in [0.2, 0.25) is 0 Å². The van der Waals surface area contributed by atoms with Crippen LogP contribution in [-0.2, 0) is 27.2 Å². The summed E-state index contributed by atoms with van der Waals surface area (Å²) >= 11 is 0. The molecule has 6 heteroatoms. The molecule has 6 nitrogen and oxygen atoms in total. The van der Waals surface area contributed by atoms with Crippen molar-refractivity contribution >= 4 is 11.9 Å². The molecule has 0 saturated carbocycles. The monoisotopic (exact) mass is 398 g/mol. The number of aromatic hydroxyl groups is 2. The van der Waals surface area contributed by atoms with Gasteiger partial charge in [0.25, 0.3) is 0 Å². The molecular weight excluding hydrogens is 372 g/mol. The Labute approximate surface area is 170 Å². The first-order chi connectivity index (χ1) is 13.7. The Kier molecular flexibility index (Phi) is 7.42. The van der Waals surface area contributed by atoms with Crippen LogP contribution >= 0.6 is 0 Å². The highest BCUT2D eigenvalue weighted by molar-refractivity contribution is 5.85. The minimum atomic E-state index is -1.17. The van der Waals surface area contributed by atoms with E-state index < -0.39 is 23.8 Å². The van der Waals surface area contributed by atoms with Gasteiger partial charge in [-0.1, -0.05) is 35.9 Å². The summed E-state index contributed by atoms with van der Waals surface area (Å²) in [6, 6.07) is 10.8. The SMILES string of the molecule is COC(=O)[C@H](Cc1ccc(CC=C(C)C)c(O)c1)[C@@H](C(=O)O)c1ccc(O)cc1. The van der Waals surface area contributed by atoms with Crippen molar-refractivity contribution in [2.75, 3.05) is 7.11 Å². The van der Waals surface area contributed by atoms with Crippen LogP contribution in [0.3, 0.4) is 0 Å². The Morgan fingerprint density at radius 2 is 1.72 bits per heavy atom. The fourth-order valence-corrected chi connectivity index (χ4v) is 3.19. The molecular formula is C23H26O6. The smallest absolute Gasteiger partial charge is 0.311 e. The second-order valence-corrected chi connectivity index (χ2v) is 7.19. The van der Waals surface area contributed by atoms with Gasteiger partial charge in [0.1, 0.15) is 11.5 Å². The number of methoxy groups -OCH3 is 1. The van der Waals surface area contributed by atoms with Crippen LogP contribution in [-0.4, -0.2) is 34.4 Å². The Balaban J connectivity index is 2.36. The first kappa shape index (κ1) is 22.0. The maximum absolute atomic E-state index is 12.4. The van der Waals surface area contributed by atoms with Crippen molar-refractivity contribution < 1.29 is 29.6 Å². The molecule has 0 unspecified atom stereocenters. The van der Waals surface area contributed by atoms with Crippen molar-refractivity contribution in [2.45, 2.75) is 32.6 Å². The number of hydrogen-bond acceptors (Lipinski definition) is 5. The van der Waals surface area contributed by atoms with Crippen LogP contribution in [0.25, 0.3) is 0 Å². The normalized spacial score (nSPS) is 12.7. The third kappa shape index (κ3) is 5.85. The molecule has 0 saturated heterocycles. The first-order valence-electron chi connectivity index (χ1n) is 9.26. The number of aliphatic carboxylic acids is 1. The van der Waals surface area contributed by atoms with Crippen molar-refractivity contribution in [1.82, 2.24) is 0 Å². The zero-order valence-corrected chi connectivity index (χ0v) is 16.8. The molecule has 0 aliphatic heterocycles. The van der Waals surface area contributed by atoms with Crippen LogP contribution in [0.4, 0.5) is 0 Å². The van der Waals surface area contributed by atoms with Gasteiger partial charge in [-0.2, -0.15) is 0 Å². The van der Waals surface area contributed by atoms with E-state index >= 15 is 0 Å². The molecule has 2 aromatic carbocycles. The summed E-state index contributed by atoms with van der Waals surface area (Å²) in [5, 5.41) is 29.6. The van der Waals surface area contributed by atoms with Crippen LogP contribution in [0, 0.1) is 5.92 Å². The number of benzene rings is 2. The maximum atomic E-state index is 12.4. The van der Waals surface area contributed by atoms with E-state index in [0.29, 0.717) is 17.5 Å². The van der Waals surface area contributed by atoms with E-state index in [9.17, 15) is 24.9 Å². The third-order valence-electron chi connectivity index (χ3n) is 4.76. The number of ether oxygens (including phenoxy) is 1. The van der Waals surface area contributed by atoms with Gasteiger partial charge >= 0.3 is 11.9 Å². The second-order valence-electron chi connectivity index (χ2n) is 7.19. The number of carboxylic acids is 1. The highest BCUT2D eigenvalue weighted by Gasteiger charge is 2.36. The van der Waals surface area contributed by atoms with Gasteiger partial charge in [-0.05, 0) is 61.6 Å². The summed E-state index contributed by atoms with van der Waals surface area (Å²) in [6.45, 7) is 3.95. The molecule has 2 aromatic rings. The Morgan fingerprint density at radius 1 is 1.07 bits per heavy atom. The second kappa shape index (κ2) is 9.78. The molecule has 2 rings (SSSR count). The first-order valence-corrected chi connectivity index (χ1v) is 9.26. The average Bonchev–Trinajstić information content (AvgIpc) is 2.67. The predicted octanol–water partition coefficient (Wildman–Crippen LogP) is 3.81. The Morgan fingerprint density at radius 3 is 2.24 bits per heavy atom. The zero-order chi connectivity index (χ0) is 21.6. The molecule has 0 amide bonds. The summed E-state index contributed by atoms with van der Waals surface area (Å²) in [5.41, 5.74) is 2.90. The van der Waals surface area contributed by atoms with Crippen LogP contribution < -0.4 is 0 Å². The number of esters is 1. The van der Waals surface area contributed by atoms with Gasteiger partial charge in [0.05, 0.1) is 18.9 Å². The van der Waals surface area contributed by atoms with E-state index in [1.54, 1.807) is 18.2 Å². The van der Waals surface area contributed by atoms with Gasteiger partial charge in [0.2, 0.25) is 0 Å². The number of phenols is 2. The van der Waals surface area contributed by atoms with E-state index in [1.807, 2.05) is 19.9 Å². The lowest BCUT2D eigenvalue weighted by Gasteiger charge is -2.23. The number of carbonyl (C=O) groups excluding carboxylic acids is 1. The molecule has 0 aliphatic rings. The molecule has 0 aromatic heterocycles. The quantitative estimate of drug-likeness (QED) is 0.461. The molecule has 0 aliphatic carbocycles. The van der Waals surface area contributed by atoms with Crippen LogP contribution in [0.15, 0.2) is 54.1 Å². The number of allylic oxidation sites excluding steroid dienone is 2. The topological polar surface area (TPSA) is 104 Å². The van der Waals surface area contributed by atoms with Crippen molar-refractivity contribution in [3.05, 3.63) is 70.8 Å². The van der Waals surface area contributed by atoms with Crippen LogP contribution in [0.1, 0.15) is 36.5 Å². The van der Waals surface area contributed by atoms with Crippen molar-refractivity contribution in [1.29, 1.82) is 0 Å². The molecule has 154 valence electrons. The predicted molar refractivity (Wildman–Crippen MR) is 109 cm³/mol. The fourth-order valence-electron chi connectivity index (χ4n) is 3.19. The Bertz CT molecular complexity index is 894. The highest BCUT2D eigenvalue weighted by Crippen LogP contribution is 2.32. The zero-order valence-electron chi connectivity index (χ0n) is 16.8. The number of rotatable bonds is 8. The summed E-state index contributed by atoms with van der Waals surface area (Å²) in [5.74, 6) is -3.88. The van der Waals surface area contributed by atoms with Crippen molar-refractivity contribution in [2.24, 2.45) is 5.92 Å². The molecule has 0 radical (unpaired) electrons. The van der Waals surface area contributed by atoms with E-state index in [2.05, 4.69) is 0 Å². The summed E-state index contributed by atoms with van der Waals surface area (Å²) < 4.78 is 4.86. The van der Waals surface area contributed by atoms with Gasteiger partial charge in [-0.25, -0.2) is 0 Å². The molecule has 0 bridgehead atoms. The fraction of sp³-hybridized carbons (Fsp3) is 0.304. The highest BCUT2D eigenvalue weighted by atomic mass is 16.5. The van der Waals surface area contributed by atoms with Crippen molar-refractivity contribution in [3.63, 3.8) is 0 Å².